The van der Waals surface area contributed by atoms with Crippen LogP contribution in [0.2, 0.25) is 0 Å². The molecular formula is C19H20N2O2. The van der Waals surface area contributed by atoms with Gasteiger partial charge in [-0.15, -0.1) is 0 Å². The first-order valence-corrected chi connectivity index (χ1v) is 7.49. The number of anilines is 1. The molecule has 0 bridgehead atoms. The van der Waals surface area contributed by atoms with E-state index in [1.54, 1.807) is 12.1 Å². The van der Waals surface area contributed by atoms with Crippen LogP contribution in [0, 0.1) is 11.3 Å². The van der Waals surface area contributed by atoms with Crippen molar-refractivity contribution in [1.82, 2.24) is 0 Å². The number of aliphatic hydroxyl groups is 2. The van der Waals surface area contributed by atoms with E-state index in [1.807, 2.05) is 36.4 Å². The topological polar surface area (TPSA) is 90.3 Å². The molecule has 118 valence electrons. The fraction of sp³-hybridized carbons (Fsp3) is 0.211. The molecule has 0 aromatic heterocycles. The van der Waals surface area contributed by atoms with Gasteiger partial charge in [-0.25, -0.2) is 0 Å². The zero-order valence-corrected chi connectivity index (χ0v) is 12.9. The molecule has 0 aliphatic carbocycles. The molecule has 2 aromatic carbocycles. The lowest BCUT2D eigenvalue weighted by Gasteiger charge is -2.14. The van der Waals surface area contributed by atoms with Gasteiger partial charge in [0.25, 0.3) is 0 Å². The molecule has 2 rings (SSSR count). The molecule has 0 saturated heterocycles. The number of nitrogens with zero attached hydrogens (tertiary/aromatic N) is 1. The van der Waals surface area contributed by atoms with E-state index < -0.39 is 0 Å². The Morgan fingerprint density at radius 3 is 2.17 bits per heavy atom. The number of hydrogen-bond donors (Lipinski definition) is 3. The van der Waals surface area contributed by atoms with Crippen LogP contribution in [0.25, 0.3) is 12.2 Å². The summed E-state index contributed by atoms with van der Waals surface area (Å²) in [5.74, 6) is 0. The van der Waals surface area contributed by atoms with E-state index in [1.165, 1.54) is 0 Å². The van der Waals surface area contributed by atoms with Gasteiger partial charge in [-0.2, -0.15) is 5.26 Å². The Hall–Kier alpha value is -2.61. The van der Waals surface area contributed by atoms with Crippen molar-refractivity contribution < 1.29 is 10.2 Å². The van der Waals surface area contributed by atoms with Crippen molar-refractivity contribution in [2.24, 2.45) is 0 Å². The molecule has 0 unspecified atom stereocenters. The van der Waals surface area contributed by atoms with E-state index in [9.17, 15) is 10.2 Å². The maximum absolute atomic E-state index is 9.31. The van der Waals surface area contributed by atoms with Crippen molar-refractivity contribution in [2.75, 3.05) is 18.9 Å². The molecule has 0 radical (unpaired) electrons. The van der Waals surface area contributed by atoms with E-state index in [0.717, 1.165) is 22.3 Å². The van der Waals surface area contributed by atoms with E-state index in [0.29, 0.717) is 24.1 Å². The Morgan fingerprint density at radius 1 is 0.913 bits per heavy atom. The average Bonchev–Trinajstić information content (AvgIpc) is 2.58. The first kappa shape index (κ1) is 16.8. The van der Waals surface area contributed by atoms with E-state index in [2.05, 4.69) is 6.07 Å². The van der Waals surface area contributed by atoms with E-state index in [4.69, 9.17) is 11.0 Å². The summed E-state index contributed by atoms with van der Waals surface area (Å²) in [7, 11) is 0. The van der Waals surface area contributed by atoms with Crippen molar-refractivity contribution in [3.05, 3.63) is 64.2 Å². The number of nitriles is 1. The molecule has 0 amide bonds. The molecule has 0 atom stereocenters. The highest BCUT2D eigenvalue weighted by atomic mass is 16.3. The van der Waals surface area contributed by atoms with Crippen LogP contribution in [0.1, 0.15) is 27.8 Å². The molecule has 0 fully saturated rings. The third kappa shape index (κ3) is 4.19. The Balaban J connectivity index is 2.35. The van der Waals surface area contributed by atoms with Gasteiger partial charge in [0.1, 0.15) is 0 Å². The van der Waals surface area contributed by atoms with E-state index in [-0.39, 0.29) is 13.2 Å². The lowest BCUT2D eigenvalue weighted by Crippen LogP contribution is -2.06. The largest absolute Gasteiger partial charge is 0.398 e. The lowest BCUT2D eigenvalue weighted by atomic mass is 9.94. The lowest BCUT2D eigenvalue weighted by molar-refractivity contribution is 0.293. The smallest absolute Gasteiger partial charge is 0.0991 e. The second-order valence-electron chi connectivity index (χ2n) is 5.22. The second-order valence-corrected chi connectivity index (χ2v) is 5.22. The van der Waals surface area contributed by atoms with Crippen LogP contribution in [0.3, 0.4) is 0 Å². The fourth-order valence-electron chi connectivity index (χ4n) is 2.55. The van der Waals surface area contributed by atoms with Crippen LogP contribution in [-0.4, -0.2) is 23.4 Å². The first-order chi connectivity index (χ1) is 11.2. The molecule has 0 heterocycles. The maximum Gasteiger partial charge on any atom is 0.0991 e. The molecular weight excluding hydrogens is 288 g/mol. The third-order valence-electron chi connectivity index (χ3n) is 3.72. The van der Waals surface area contributed by atoms with Crippen molar-refractivity contribution in [3.8, 4) is 6.07 Å². The van der Waals surface area contributed by atoms with Gasteiger partial charge in [0, 0.05) is 18.9 Å². The Kier molecular flexibility index (Phi) is 5.93. The normalized spacial score (nSPS) is 10.8. The molecule has 4 N–H and O–H groups in total. The van der Waals surface area contributed by atoms with Gasteiger partial charge < -0.3 is 15.9 Å². The summed E-state index contributed by atoms with van der Waals surface area (Å²) >= 11 is 0. The van der Waals surface area contributed by atoms with Crippen molar-refractivity contribution in [2.45, 2.75) is 12.8 Å². The number of hydrogen-bond acceptors (Lipinski definition) is 4. The molecule has 4 nitrogen and oxygen atoms in total. The van der Waals surface area contributed by atoms with Gasteiger partial charge in [-0.05, 0) is 53.3 Å². The molecule has 0 aliphatic heterocycles. The molecule has 23 heavy (non-hydrogen) atoms. The average molecular weight is 308 g/mol. The zero-order chi connectivity index (χ0) is 16.7. The summed E-state index contributed by atoms with van der Waals surface area (Å²) in [6, 6.07) is 13.1. The summed E-state index contributed by atoms with van der Waals surface area (Å²) in [5, 5.41) is 27.4. The first-order valence-electron chi connectivity index (χ1n) is 7.49. The molecule has 4 heteroatoms. The van der Waals surface area contributed by atoms with Crippen molar-refractivity contribution in [1.29, 1.82) is 5.26 Å². The quantitative estimate of drug-likeness (QED) is 0.564. The highest BCUT2D eigenvalue weighted by Crippen LogP contribution is 2.24. The Morgan fingerprint density at radius 2 is 1.57 bits per heavy atom. The highest BCUT2D eigenvalue weighted by Gasteiger charge is 2.09. The zero-order valence-electron chi connectivity index (χ0n) is 12.9. The van der Waals surface area contributed by atoms with Crippen LogP contribution in [0.15, 0.2) is 36.4 Å². The number of nitrogens with two attached hydrogens (primary N) is 1. The van der Waals surface area contributed by atoms with Gasteiger partial charge in [-0.1, -0.05) is 30.4 Å². The maximum atomic E-state index is 9.31. The summed E-state index contributed by atoms with van der Waals surface area (Å²) in [5.41, 5.74) is 11.1. The Labute approximate surface area is 136 Å². The predicted molar refractivity (Wildman–Crippen MR) is 92.5 cm³/mol. The SMILES string of the molecule is N#Cc1ccc(C=Cc2ccc(N)c(CCO)c2CCO)cc1. The van der Waals surface area contributed by atoms with Gasteiger partial charge in [-0.3, -0.25) is 0 Å². The van der Waals surface area contributed by atoms with Gasteiger partial charge >= 0.3 is 0 Å². The standard InChI is InChI=1S/C19H20N2O2/c20-13-15-3-1-14(2-4-15)5-6-16-7-8-19(21)18(10-12-23)17(16)9-11-22/h1-8,22-23H,9-12,21H2. The minimum atomic E-state index is 0.0193. The number of aliphatic hydroxyl groups excluding tert-OH is 2. The van der Waals surface area contributed by atoms with Gasteiger partial charge in [0.05, 0.1) is 11.6 Å². The molecule has 2 aromatic rings. The summed E-state index contributed by atoms with van der Waals surface area (Å²) in [4.78, 5) is 0. The van der Waals surface area contributed by atoms with Crippen LogP contribution in [0.4, 0.5) is 5.69 Å². The Bertz CT molecular complexity index is 728. The summed E-state index contributed by atoms with van der Waals surface area (Å²) < 4.78 is 0. The highest BCUT2D eigenvalue weighted by molar-refractivity contribution is 5.74. The number of nitrogen functional groups attached to an aromatic ring is 1. The van der Waals surface area contributed by atoms with Crippen LogP contribution in [0.5, 0.6) is 0 Å². The van der Waals surface area contributed by atoms with Gasteiger partial charge in [0.2, 0.25) is 0 Å². The van der Waals surface area contributed by atoms with Gasteiger partial charge in [0.15, 0.2) is 0 Å². The second kappa shape index (κ2) is 8.14. The monoisotopic (exact) mass is 308 g/mol. The van der Waals surface area contributed by atoms with Crippen LogP contribution in [-0.2, 0) is 12.8 Å². The predicted octanol–water partition coefficient (Wildman–Crippen LogP) is 2.38. The number of benzene rings is 2. The number of rotatable bonds is 6. The molecule has 0 spiro atoms. The third-order valence-corrected chi connectivity index (χ3v) is 3.72. The fourth-order valence-corrected chi connectivity index (χ4v) is 2.55. The van der Waals surface area contributed by atoms with Crippen LogP contribution < -0.4 is 5.73 Å². The van der Waals surface area contributed by atoms with E-state index >= 15 is 0 Å². The van der Waals surface area contributed by atoms with Crippen molar-refractivity contribution >= 4 is 17.8 Å². The summed E-state index contributed by atoms with van der Waals surface area (Å²) in [6.07, 6.45) is 4.89. The minimum absolute atomic E-state index is 0.0193. The van der Waals surface area contributed by atoms with Crippen molar-refractivity contribution in [3.63, 3.8) is 0 Å². The molecule has 0 saturated carbocycles. The minimum Gasteiger partial charge on any atom is -0.398 e. The molecule has 0 aliphatic rings. The van der Waals surface area contributed by atoms with Crippen LogP contribution >= 0.6 is 0 Å². The summed E-state index contributed by atoms with van der Waals surface area (Å²) in [6.45, 7) is 0.0466.